The Labute approximate surface area is 174 Å². The maximum absolute atomic E-state index is 13.7. The van der Waals surface area contributed by atoms with Crippen LogP contribution in [0.25, 0.3) is 0 Å². The summed E-state index contributed by atoms with van der Waals surface area (Å²) in [4.78, 5) is 16.9. The number of carbonyl (C=O) groups is 1. The smallest absolute Gasteiger partial charge is 0.268 e. The summed E-state index contributed by atoms with van der Waals surface area (Å²) >= 11 is 1.23. The van der Waals surface area contributed by atoms with E-state index in [0.29, 0.717) is 10.4 Å². The summed E-state index contributed by atoms with van der Waals surface area (Å²) in [5.41, 5.74) is 1.21. The molecule has 0 aliphatic carbocycles. The molecule has 0 fully saturated rings. The summed E-state index contributed by atoms with van der Waals surface area (Å²) in [6.45, 7) is 0.340. The summed E-state index contributed by atoms with van der Waals surface area (Å²) in [7, 11) is 0. The fraction of sp³-hybridized carbons (Fsp3) is 0.0952. The van der Waals surface area contributed by atoms with Crippen LogP contribution in [0.5, 0.6) is 5.75 Å². The third-order valence-electron chi connectivity index (χ3n) is 4.16. The molecule has 1 N–H and O–H groups in total. The number of ether oxygens (including phenoxy) is 1. The van der Waals surface area contributed by atoms with Gasteiger partial charge in [-0.3, -0.25) is 10.1 Å². The molecule has 1 amide bonds. The van der Waals surface area contributed by atoms with Gasteiger partial charge in [0.1, 0.15) is 18.8 Å². The van der Waals surface area contributed by atoms with Crippen LogP contribution in [0, 0.1) is 11.6 Å². The minimum Gasteiger partial charge on any atom is -0.486 e. The minimum atomic E-state index is -0.442. The Kier molecular flexibility index (Phi) is 5.80. The van der Waals surface area contributed by atoms with Crippen LogP contribution in [0.3, 0.4) is 0 Å². The number of thiophene rings is 1. The molecular weight excluding hydrogens is 410 g/mol. The minimum absolute atomic E-state index is 0.119. The van der Waals surface area contributed by atoms with Crippen molar-refractivity contribution in [2.45, 2.75) is 13.2 Å². The number of hydrogen-bond acceptors (Lipinski definition) is 5. The number of halogens is 2. The van der Waals surface area contributed by atoms with E-state index in [0.717, 1.165) is 5.56 Å². The molecule has 4 aromatic rings. The van der Waals surface area contributed by atoms with Gasteiger partial charge in [0.2, 0.25) is 5.95 Å². The van der Waals surface area contributed by atoms with Gasteiger partial charge >= 0.3 is 0 Å². The van der Waals surface area contributed by atoms with E-state index in [2.05, 4.69) is 15.4 Å². The van der Waals surface area contributed by atoms with Crippen LogP contribution in [-0.4, -0.2) is 20.7 Å². The number of anilines is 1. The largest absolute Gasteiger partial charge is 0.486 e. The number of nitrogens with zero attached hydrogens (tertiary/aromatic N) is 3. The van der Waals surface area contributed by atoms with Gasteiger partial charge in [-0.2, -0.15) is 0 Å². The Bertz CT molecular complexity index is 1180. The molecule has 0 saturated carbocycles. The molecule has 0 radical (unpaired) electrons. The first-order valence-corrected chi connectivity index (χ1v) is 9.85. The molecule has 0 spiro atoms. The highest BCUT2D eigenvalue weighted by Gasteiger charge is 2.13. The zero-order valence-electron chi connectivity index (χ0n) is 15.6. The number of carbonyl (C=O) groups excluding carboxylic acids is 1. The van der Waals surface area contributed by atoms with Gasteiger partial charge in [-0.15, -0.1) is 16.4 Å². The molecule has 9 heteroatoms. The topological polar surface area (TPSA) is 69.0 Å². The standard InChI is InChI=1S/C21H16F2N4O2S/c22-16-6-2-1-5-15(16)10-27-13-24-21(26-27)25-20(28)19-9-14(12-30-19)11-29-18-8-4-3-7-17(18)23/h1-9,12-13H,10-11H2,(H,25,26,28). The summed E-state index contributed by atoms with van der Waals surface area (Å²) in [5, 5.41) is 8.52. The molecule has 2 aromatic carbocycles. The van der Waals surface area contributed by atoms with Crippen molar-refractivity contribution < 1.29 is 18.3 Å². The van der Waals surface area contributed by atoms with Crippen molar-refractivity contribution in [3.05, 3.63) is 93.9 Å². The van der Waals surface area contributed by atoms with Gasteiger partial charge in [0.25, 0.3) is 5.91 Å². The molecular formula is C21H16F2N4O2S. The Morgan fingerprint density at radius 2 is 1.87 bits per heavy atom. The second kappa shape index (κ2) is 8.83. The van der Waals surface area contributed by atoms with E-state index in [1.165, 1.54) is 34.5 Å². The third-order valence-corrected chi connectivity index (χ3v) is 5.14. The molecule has 30 heavy (non-hydrogen) atoms. The SMILES string of the molecule is O=C(Nc1ncn(Cc2ccccc2F)n1)c1cc(COc2ccccc2F)cs1. The maximum atomic E-state index is 13.7. The molecule has 0 bridgehead atoms. The molecule has 2 heterocycles. The second-order valence-corrected chi connectivity index (χ2v) is 7.26. The molecule has 4 rings (SSSR count). The number of nitrogens with one attached hydrogen (secondary N) is 1. The Balaban J connectivity index is 1.35. The summed E-state index contributed by atoms with van der Waals surface area (Å²) in [6.07, 6.45) is 1.42. The summed E-state index contributed by atoms with van der Waals surface area (Å²) in [6, 6.07) is 14.2. The highest BCUT2D eigenvalue weighted by molar-refractivity contribution is 7.12. The average molecular weight is 426 g/mol. The molecule has 2 aromatic heterocycles. The first-order chi connectivity index (χ1) is 14.6. The van der Waals surface area contributed by atoms with Crippen LogP contribution in [0.15, 0.2) is 66.3 Å². The Hall–Kier alpha value is -3.59. The lowest BCUT2D eigenvalue weighted by atomic mass is 10.2. The van der Waals surface area contributed by atoms with E-state index < -0.39 is 5.82 Å². The highest BCUT2D eigenvalue weighted by Crippen LogP contribution is 2.20. The van der Waals surface area contributed by atoms with Crippen LogP contribution < -0.4 is 10.1 Å². The lowest BCUT2D eigenvalue weighted by Gasteiger charge is -2.05. The number of rotatable bonds is 7. The van der Waals surface area contributed by atoms with Crippen LogP contribution in [0.4, 0.5) is 14.7 Å². The van der Waals surface area contributed by atoms with Crippen molar-refractivity contribution in [2.24, 2.45) is 0 Å². The van der Waals surface area contributed by atoms with Gasteiger partial charge in [0, 0.05) is 11.1 Å². The van der Waals surface area contributed by atoms with Crippen molar-refractivity contribution in [3.8, 4) is 5.75 Å². The van der Waals surface area contributed by atoms with E-state index >= 15 is 0 Å². The first kappa shape index (κ1) is 19.7. The van der Waals surface area contributed by atoms with E-state index in [1.54, 1.807) is 47.8 Å². The van der Waals surface area contributed by atoms with E-state index in [-0.39, 0.29) is 36.6 Å². The zero-order chi connectivity index (χ0) is 20.9. The van der Waals surface area contributed by atoms with E-state index in [9.17, 15) is 13.6 Å². The number of aromatic nitrogens is 3. The van der Waals surface area contributed by atoms with Crippen molar-refractivity contribution in [3.63, 3.8) is 0 Å². The van der Waals surface area contributed by atoms with Gasteiger partial charge < -0.3 is 4.74 Å². The highest BCUT2D eigenvalue weighted by atomic mass is 32.1. The van der Waals surface area contributed by atoms with Crippen LogP contribution >= 0.6 is 11.3 Å². The average Bonchev–Trinajstić information content (AvgIpc) is 3.39. The second-order valence-electron chi connectivity index (χ2n) is 6.35. The van der Waals surface area contributed by atoms with Crippen LogP contribution in [0.2, 0.25) is 0 Å². The summed E-state index contributed by atoms with van der Waals surface area (Å²) < 4.78 is 34.2. The van der Waals surface area contributed by atoms with Crippen LogP contribution in [-0.2, 0) is 13.2 Å². The van der Waals surface area contributed by atoms with E-state index in [4.69, 9.17) is 4.74 Å². The van der Waals surface area contributed by atoms with Crippen molar-refractivity contribution >= 4 is 23.2 Å². The van der Waals surface area contributed by atoms with Crippen molar-refractivity contribution in [1.82, 2.24) is 14.8 Å². The number of para-hydroxylation sites is 1. The molecule has 6 nitrogen and oxygen atoms in total. The lowest BCUT2D eigenvalue weighted by Crippen LogP contribution is -2.12. The fourth-order valence-electron chi connectivity index (χ4n) is 2.69. The lowest BCUT2D eigenvalue weighted by molar-refractivity contribution is 0.102. The first-order valence-electron chi connectivity index (χ1n) is 8.97. The fourth-order valence-corrected chi connectivity index (χ4v) is 3.48. The van der Waals surface area contributed by atoms with Crippen molar-refractivity contribution in [2.75, 3.05) is 5.32 Å². The molecule has 0 aliphatic heterocycles. The predicted molar refractivity (Wildman–Crippen MR) is 109 cm³/mol. The number of amides is 1. The van der Waals surface area contributed by atoms with E-state index in [1.807, 2.05) is 0 Å². The Morgan fingerprint density at radius 3 is 2.67 bits per heavy atom. The number of benzene rings is 2. The normalized spacial score (nSPS) is 10.7. The molecule has 0 aliphatic rings. The third kappa shape index (κ3) is 4.69. The van der Waals surface area contributed by atoms with Gasteiger partial charge in [-0.05, 0) is 29.6 Å². The van der Waals surface area contributed by atoms with Crippen LogP contribution in [0.1, 0.15) is 20.8 Å². The Morgan fingerprint density at radius 1 is 1.10 bits per heavy atom. The van der Waals surface area contributed by atoms with Gasteiger partial charge in [-0.1, -0.05) is 30.3 Å². The molecule has 0 saturated heterocycles. The molecule has 0 atom stereocenters. The molecule has 0 unspecified atom stereocenters. The van der Waals surface area contributed by atoms with Crippen molar-refractivity contribution in [1.29, 1.82) is 0 Å². The predicted octanol–water partition coefficient (Wildman–Crippen LogP) is 4.50. The molecule has 152 valence electrons. The summed E-state index contributed by atoms with van der Waals surface area (Å²) in [5.74, 6) is -0.876. The zero-order valence-corrected chi connectivity index (χ0v) is 16.4. The van der Waals surface area contributed by atoms with Gasteiger partial charge in [0.05, 0.1) is 11.4 Å². The van der Waals surface area contributed by atoms with Gasteiger partial charge in [0.15, 0.2) is 11.6 Å². The quantitative estimate of drug-likeness (QED) is 0.473. The monoisotopic (exact) mass is 426 g/mol. The number of hydrogen-bond donors (Lipinski definition) is 1. The van der Waals surface area contributed by atoms with Gasteiger partial charge in [-0.25, -0.2) is 18.4 Å². The maximum Gasteiger partial charge on any atom is 0.268 e.